The highest BCUT2D eigenvalue weighted by Crippen LogP contribution is 2.15. The van der Waals surface area contributed by atoms with Gasteiger partial charge in [0.25, 0.3) is 0 Å². The molecule has 1 atom stereocenters. The van der Waals surface area contributed by atoms with Crippen molar-refractivity contribution in [2.75, 3.05) is 7.11 Å². The molecule has 1 rings (SSSR count). The molecule has 1 aromatic rings. The maximum Gasteiger partial charge on any atom is 0.347 e. The van der Waals surface area contributed by atoms with Gasteiger partial charge < -0.3 is 9.47 Å². The van der Waals surface area contributed by atoms with Crippen molar-refractivity contribution in [1.29, 1.82) is 0 Å². The lowest BCUT2D eigenvalue weighted by atomic mass is 10.1. The van der Waals surface area contributed by atoms with E-state index in [1.54, 1.807) is 24.3 Å². The van der Waals surface area contributed by atoms with E-state index in [0.717, 1.165) is 0 Å². The Bertz CT molecular complexity index is 394. The van der Waals surface area contributed by atoms with Gasteiger partial charge in [-0.1, -0.05) is 6.92 Å². The van der Waals surface area contributed by atoms with Gasteiger partial charge in [-0.05, 0) is 37.6 Å². The fourth-order valence-corrected chi connectivity index (χ4v) is 1.36. The SMILES string of the molecule is CCC(Oc1ccc(C(C)=O)cc1)C(=O)OC. The van der Waals surface area contributed by atoms with Gasteiger partial charge in [0.15, 0.2) is 11.9 Å². The molecule has 0 aliphatic carbocycles. The van der Waals surface area contributed by atoms with Gasteiger partial charge in [-0.3, -0.25) is 4.79 Å². The Morgan fingerprint density at radius 1 is 1.24 bits per heavy atom. The van der Waals surface area contributed by atoms with Crippen molar-refractivity contribution in [2.24, 2.45) is 0 Å². The summed E-state index contributed by atoms with van der Waals surface area (Å²) in [6.45, 7) is 3.34. The summed E-state index contributed by atoms with van der Waals surface area (Å²) in [6, 6.07) is 6.67. The molecule has 1 aromatic carbocycles. The van der Waals surface area contributed by atoms with Gasteiger partial charge in [0.05, 0.1) is 7.11 Å². The number of ether oxygens (including phenoxy) is 2. The average Bonchev–Trinajstić information content (AvgIpc) is 2.35. The van der Waals surface area contributed by atoms with Crippen LogP contribution in [0.4, 0.5) is 0 Å². The number of benzene rings is 1. The quantitative estimate of drug-likeness (QED) is 0.581. The van der Waals surface area contributed by atoms with Crippen LogP contribution in [0.2, 0.25) is 0 Å². The summed E-state index contributed by atoms with van der Waals surface area (Å²) in [4.78, 5) is 22.4. The van der Waals surface area contributed by atoms with Crippen molar-refractivity contribution in [2.45, 2.75) is 26.4 Å². The number of hydrogen-bond acceptors (Lipinski definition) is 4. The van der Waals surface area contributed by atoms with Crippen molar-refractivity contribution in [3.63, 3.8) is 0 Å². The number of carbonyl (C=O) groups is 2. The molecule has 4 heteroatoms. The van der Waals surface area contributed by atoms with Crippen molar-refractivity contribution in [1.82, 2.24) is 0 Å². The normalized spacial score (nSPS) is 11.7. The second-order valence-electron chi connectivity index (χ2n) is 3.62. The maximum absolute atomic E-state index is 11.3. The summed E-state index contributed by atoms with van der Waals surface area (Å²) in [7, 11) is 1.33. The molecule has 0 saturated carbocycles. The standard InChI is InChI=1S/C13H16O4/c1-4-12(13(15)16-3)17-11-7-5-10(6-8-11)9(2)14/h5-8,12H,4H2,1-3H3. The Kier molecular flexibility index (Phi) is 4.69. The van der Waals surface area contributed by atoms with E-state index in [2.05, 4.69) is 4.74 Å². The Labute approximate surface area is 101 Å². The molecular formula is C13H16O4. The predicted molar refractivity (Wildman–Crippen MR) is 63.2 cm³/mol. The van der Waals surface area contributed by atoms with Crippen LogP contribution in [-0.2, 0) is 9.53 Å². The van der Waals surface area contributed by atoms with Gasteiger partial charge >= 0.3 is 5.97 Å². The van der Waals surface area contributed by atoms with E-state index in [4.69, 9.17) is 4.74 Å². The van der Waals surface area contributed by atoms with E-state index in [1.165, 1.54) is 14.0 Å². The number of methoxy groups -OCH3 is 1. The number of ketones is 1. The highest BCUT2D eigenvalue weighted by molar-refractivity contribution is 5.94. The Morgan fingerprint density at radius 2 is 1.82 bits per heavy atom. The van der Waals surface area contributed by atoms with Crippen LogP contribution in [0.3, 0.4) is 0 Å². The molecule has 0 aliphatic rings. The minimum Gasteiger partial charge on any atom is -0.479 e. The van der Waals surface area contributed by atoms with Gasteiger partial charge in [-0.2, -0.15) is 0 Å². The Morgan fingerprint density at radius 3 is 2.24 bits per heavy atom. The molecule has 0 bridgehead atoms. The third-order valence-electron chi connectivity index (χ3n) is 2.37. The van der Waals surface area contributed by atoms with Crippen LogP contribution in [0.15, 0.2) is 24.3 Å². The van der Waals surface area contributed by atoms with Crippen LogP contribution in [0.5, 0.6) is 5.75 Å². The van der Waals surface area contributed by atoms with Crippen molar-refractivity contribution >= 4 is 11.8 Å². The third kappa shape index (κ3) is 3.59. The summed E-state index contributed by atoms with van der Waals surface area (Å²) in [5, 5.41) is 0. The van der Waals surface area contributed by atoms with Crippen LogP contribution < -0.4 is 4.74 Å². The lowest BCUT2D eigenvalue weighted by Gasteiger charge is -2.15. The Hall–Kier alpha value is -1.84. The third-order valence-corrected chi connectivity index (χ3v) is 2.37. The molecule has 17 heavy (non-hydrogen) atoms. The summed E-state index contributed by atoms with van der Waals surface area (Å²) in [5.74, 6) is 0.145. The second kappa shape index (κ2) is 6.03. The van der Waals surface area contributed by atoms with Crippen LogP contribution in [0.25, 0.3) is 0 Å². The minimum absolute atomic E-state index is 0.00319. The molecule has 92 valence electrons. The van der Waals surface area contributed by atoms with Crippen molar-refractivity contribution < 1.29 is 19.1 Å². The van der Waals surface area contributed by atoms with Crippen LogP contribution >= 0.6 is 0 Å². The predicted octanol–water partition coefficient (Wildman–Crippen LogP) is 2.22. The van der Waals surface area contributed by atoms with E-state index < -0.39 is 12.1 Å². The Balaban J connectivity index is 2.74. The largest absolute Gasteiger partial charge is 0.479 e. The zero-order valence-electron chi connectivity index (χ0n) is 10.2. The molecule has 1 unspecified atom stereocenters. The summed E-state index contributed by atoms with van der Waals surface area (Å²) in [6.07, 6.45) is -0.0793. The van der Waals surface area contributed by atoms with Crippen molar-refractivity contribution in [3.8, 4) is 5.75 Å². The topological polar surface area (TPSA) is 52.6 Å². The number of hydrogen-bond donors (Lipinski definition) is 0. The molecule has 0 fully saturated rings. The zero-order valence-corrected chi connectivity index (χ0v) is 10.2. The van der Waals surface area contributed by atoms with E-state index in [9.17, 15) is 9.59 Å². The van der Waals surface area contributed by atoms with E-state index in [1.807, 2.05) is 6.92 Å². The van der Waals surface area contributed by atoms with Crippen molar-refractivity contribution in [3.05, 3.63) is 29.8 Å². The average molecular weight is 236 g/mol. The smallest absolute Gasteiger partial charge is 0.347 e. The minimum atomic E-state index is -0.608. The number of esters is 1. The van der Waals surface area contributed by atoms with Gasteiger partial charge in [0.1, 0.15) is 5.75 Å². The lowest BCUT2D eigenvalue weighted by Crippen LogP contribution is -2.27. The first-order valence-electron chi connectivity index (χ1n) is 5.44. The highest BCUT2D eigenvalue weighted by atomic mass is 16.6. The molecule has 0 saturated heterocycles. The number of Topliss-reactive ketones (excluding diaryl/α,β-unsaturated/α-hetero) is 1. The number of rotatable bonds is 5. The van der Waals surface area contributed by atoms with Gasteiger partial charge in [0.2, 0.25) is 0 Å². The maximum atomic E-state index is 11.3. The fourth-order valence-electron chi connectivity index (χ4n) is 1.36. The molecule has 0 heterocycles. The first-order chi connectivity index (χ1) is 8.08. The van der Waals surface area contributed by atoms with E-state index in [-0.39, 0.29) is 5.78 Å². The second-order valence-corrected chi connectivity index (χ2v) is 3.62. The molecule has 0 N–H and O–H groups in total. The fraction of sp³-hybridized carbons (Fsp3) is 0.385. The zero-order chi connectivity index (χ0) is 12.8. The molecule has 0 aromatic heterocycles. The number of carbonyl (C=O) groups excluding carboxylic acids is 2. The van der Waals surface area contributed by atoms with E-state index >= 15 is 0 Å². The van der Waals surface area contributed by atoms with Crippen LogP contribution in [-0.4, -0.2) is 25.0 Å². The van der Waals surface area contributed by atoms with Gasteiger partial charge in [-0.15, -0.1) is 0 Å². The van der Waals surface area contributed by atoms with E-state index in [0.29, 0.717) is 17.7 Å². The van der Waals surface area contributed by atoms with Gasteiger partial charge in [0, 0.05) is 5.56 Å². The highest BCUT2D eigenvalue weighted by Gasteiger charge is 2.18. The summed E-state index contributed by atoms with van der Waals surface area (Å²) in [5.41, 5.74) is 0.614. The monoisotopic (exact) mass is 236 g/mol. The summed E-state index contributed by atoms with van der Waals surface area (Å²) >= 11 is 0. The van der Waals surface area contributed by atoms with Crippen LogP contribution in [0, 0.1) is 0 Å². The first-order valence-corrected chi connectivity index (χ1v) is 5.44. The van der Waals surface area contributed by atoms with Crippen LogP contribution in [0.1, 0.15) is 30.6 Å². The summed E-state index contributed by atoms with van der Waals surface area (Å²) < 4.78 is 10.1. The molecule has 0 amide bonds. The molecule has 0 spiro atoms. The van der Waals surface area contributed by atoms with Gasteiger partial charge in [-0.25, -0.2) is 4.79 Å². The lowest BCUT2D eigenvalue weighted by molar-refractivity contribution is -0.148. The molecule has 0 radical (unpaired) electrons. The molecular weight excluding hydrogens is 220 g/mol. The molecule has 4 nitrogen and oxygen atoms in total. The first kappa shape index (κ1) is 13.2. The molecule has 0 aliphatic heterocycles.